The molecule has 0 spiro atoms. The van der Waals surface area contributed by atoms with Gasteiger partial charge in [0.2, 0.25) is 5.91 Å². The predicted molar refractivity (Wildman–Crippen MR) is 76.0 cm³/mol. The molecule has 1 aliphatic heterocycles. The zero-order valence-electron chi connectivity index (χ0n) is 11.3. The highest BCUT2D eigenvalue weighted by Crippen LogP contribution is 2.39. The molecule has 2 fully saturated rings. The number of halogens is 1. The van der Waals surface area contributed by atoms with Crippen LogP contribution < -0.4 is 0 Å². The van der Waals surface area contributed by atoms with E-state index in [1.165, 1.54) is 12.8 Å². The average Bonchev–Trinajstić information content (AvgIpc) is 2.35. The normalized spacial score (nSPS) is 26.8. The third kappa shape index (κ3) is 3.08. The predicted octanol–water partition coefficient (Wildman–Crippen LogP) is 3.11. The number of nitrogens with zero attached hydrogens (tertiary/aromatic N) is 1. The fourth-order valence-electron chi connectivity index (χ4n) is 3.16. The van der Waals surface area contributed by atoms with Crippen molar-refractivity contribution in [1.29, 1.82) is 0 Å². The number of methoxy groups -OCH3 is 1. The summed E-state index contributed by atoms with van der Waals surface area (Å²) in [6.45, 7) is 0.941. The van der Waals surface area contributed by atoms with Crippen molar-refractivity contribution in [2.75, 3.05) is 19.0 Å². The standard InChI is InChI=1S/C14H24BrNO2/c1-18-14(7-4-8-14)11-13(17)16-10-3-2-5-12(16)6-9-15/h12H,2-11H2,1H3. The zero-order valence-corrected chi connectivity index (χ0v) is 12.9. The summed E-state index contributed by atoms with van der Waals surface area (Å²) in [6, 6.07) is 0.444. The number of carbonyl (C=O) groups is 1. The molecule has 0 aromatic carbocycles. The first-order chi connectivity index (χ1) is 8.71. The molecule has 1 saturated carbocycles. The number of hydrogen-bond acceptors (Lipinski definition) is 2. The first-order valence-corrected chi connectivity index (χ1v) is 8.23. The van der Waals surface area contributed by atoms with E-state index in [1.807, 2.05) is 0 Å². The van der Waals surface area contributed by atoms with Gasteiger partial charge < -0.3 is 9.64 Å². The van der Waals surface area contributed by atoms with Gasteiger partial charge in [-0.1, -0.05) is 15.9 Å². The smallest absolute Gasteiger partial charge is 0.225 e. The maximum atomic E-state index is 12.5. The molecule has 2 rings (SSSR count). The number of piperidine rings is 1. The van der Waals surface area contributed by atoms with Gasteiger partial charge in [0.1, 0.15) is 0 Å². The lowest BCUT2D eigenvalue weighted by molar-refractivity contribution is -0.147. The Kier molecular flexibility index (Phi) is 5.07. The second-order valence-electron chi connectivity index (χ2n) is 5.63. The third-order valence-electron chi connectivity index (χ3n) is 4.56. The van der Waals surface area contributed by atoms with Gasteiger partial charge in [0.25, 0.3) is 0 Å². The van der Waals surface area contributed by atoms with Gasteiger partial charge >= 0.3 is 0 Å². The number of carbonyl (C=O) groups excluding carboxylic acids is 1. The lowest BCUT2D eigenvalue weighted by Crippen LogP contribution is -2.49. The van der Waals surface area contributed by atoms with Crippen LogP contribution in [0.25, 0.3) is 0 Å². The summed E-state index contributed by atoms with van der Waals surface area (Å²) < 4.78 is 5.57. The molecule has 1 aliphatic carbocycles. The van der Waals surface area contributed by atoms with Crippen molar-refractivity contribution in [2.45, 2.75) is 63.0 Å². The lowest BCUT2D eigenvalue weighted by Gasteiger charge is -2.43. The third-order valence-corrected chi connectivity index (χ3v) is 5.02. The summed E-state index contributed by atoms with van der Waals surface area (Å²) in [4.78, 5) is 14.6. The van der Waals surface area contributed by atoms with Gasteiger partial charge in [-0.3, -0.25) is 4.79 Å². The van der Waals surface area contributed by atoms with E-state index in [0.717, 1.165) is 44.0 Å². The summed E-state index contributed by atoms with van der Waals surface area (Å²) in [5.41, 5.74) is -0.131. The minimum absolute atomic E-state index is 0.131. The van der Waals surface area contributed by atoms with Crippen LogP contribution in [-0.4, -0.2) is 41.4 Å². The average molecular weight is 318 g/mol. The van der Waals surface area contributed by atoms with E-state index in [9.17, 15) is 4.79 Å². The van der Waals surface area contributed by atoms with Crippen LogP contribution in [0.4, 0.5) is 0 Å². The van der Waals surface area contributed by atoms with Crippen molar-refractivity contribution < 1.29 is 9.53 Å². The van der Waals surface area contributed by atoms with Crippen molar-refractivity contribution in [1.82, 2.24) is 4.90 Å². The summed E-state index contributed by atoms with van der Waals surface area (Å²) in [6.07, 6.45) is 8.54. The molecular weight excluding hydrogens is 294 g/mol. The highest BCUT2D eigenvalue weighted by atomic mass is 79.9. The maximum absolute atomic E-state index is 12.5. The quantitative estimate of drug-likeness (QED) is 0.729. The zero-order chi connectivity index (χ0) is 13.0. The molecule has 1 atom stereocenters. The van der Waals surface area contributed by atoms with E-state index >= 15 is 0 Å². The Hall–Kier alpha value is -0.0900. The van der Waals surface area contributed by atoms with Gasteiger partial charge in [-0.15, -0.1) is 0 Å². The summed E-state index contributed by atoms with van der Waals surface area (Å²) in [5.74, 6) is 0.308. The molecule has 2 aliphatic rings. The first kappa shape index (κ1) is 14.3. The largest absolute Gasteiger partial charge is 0.378 e. The van der Waals surface area contributed by atoms with E-state index in [-0.39, 0.29) is 5.60 Å². The van der Waals surface area contributed by atoms with Crippen molar-refractivity contribution in [2.24, 2.45) is 0 Å². The topological polar surface area (TPSA) is 29.5 Å². The minimum atomic E-state index is -0.131. The molecule has 1 heterocycles. The second-order valence-corrected chi connectivity index (χ2v) is 6.42. The molecule has 18 heavy (non-hydrogen) atoms. The maximum Gasteiger partial charge on any atom is 0.225 e. The van der Waals surface area contributed by atoms with Crippen LogP contribution in [0.2, 0.25) is 0 Å². The van der Waals surface area contributed by atoms with Crippen LogP contribution in [0.15, 0.2) is 0 Å². The van der Waals surface area contributed by atoms with Crippen LogP contribution in [0, 0.1) is 0 Å². The molecule has 0 aromatic rings. The number of likely N-dealkylation sites (tertiary alicyclic amines) is 1. The molecule has 104 valence electrons. The Bertz CT molecular complexity index is 284. The fourth-order valence-corrected chi connectivity index (χ4v) is 3.68. The molecule has 4 heteroatoms. The van der Waals surface area contributed by atoms with Gasteiger partial charge in [-0.2, -0.15) is 0 Å². The van der Waals surface area contributed by atoms with Crippen molar-refractivity contribution in [3.63, 3.8) is 0 Å². The molecule has 1 unspecified atom stereocenters. The molecular formula is C14H24BrNO2. The van der Waals surface area contributed by atoms with Crippen LogP contribution in [0.1, 0.15) is 51.4 Å². The van der Waals surface area contributed by atoms with Crippen LogP contribution in [-0.2, 0) is 9.53 Å². The van der Waals surface area contributed by atoms with E-state index in [4.69, 9.17) is 4.74 Å². The van der Waals surface area contributed by atoms with Crippen LogP contribution in [0.3, 0.4) is 0 Å². The number of rotatable bonds is 5. The lowest BCUT2D eigenvalue weighted by atomic mass is 9.77. The molecule has 0 bridgehead atoms. The van der Waals surface area contributed by atoms with E-state index in [1.54, 1.807) is 7.11 Å². The van der Waals surface area contributed by atoms with Gasteiger partial charge in [0.15, 0.2) is 0 Å². The number of ether oxygens (including phenoxy) is 1. The van der Waals surface area contributed by atoms with Gasteiger partial charge in [0, 0.05) is 25.0 Å². The van der Waals surface area contributed by atoms with Crippen LogP contribution in [0.5, 0.6) is 0 Å². The van der Waals surface area contributed by atoms with Crippen molar-refractivity contribution >= 4 is 21.8 Å². The van der Waals surface area contributed by atoms with Crippen LogP contribution >= 0.6 is 15.9 Å². The van der Waals surface area contributed by atoms with E-state index in [2.05, 4.69) is 20.8 Å². The highest BCUT2D eigenvalue weighted by Gasteiger charge is 2.41. The molecule has 1 amide bonds. The van der Waals surface area contributed by atoms with Crippen molar-refractivity contribution in [3.05, 3.63) is 0 Å². The summed E-state index contributed by atoms with van der Waals surface area (Å²) in [7, 11) is 1.75. The molecule has 3 nitrogen and oxygen atoms in total. The molecule has 0 radical (unpaired) electrons. The SMILES string of the molecule is COC1(CC(=O)N2CCCCC2CCBr)CCC1. The van der Waals surface area contributed by atoms with Gasteiger partial charge in [0.05, 0.1) is 12.0 Å². The Morgan fingerprint density at radius 1 is 1.39 bits per heavy atom. The van der Waals surface area contributed by atoms with Gasteiger partial charge in [-0.05, 0) is 44.9 Å². The number of amides is 1. The van der Waals surface area contributed by atoms with Crippen molar-refractivity contribution in [3.8, 4) is 0 Å². The Morgan fingerprint density at radius 3 is 2.72 bits per heavy atom. The number of alkyl halides is 1. The second kappa shape index (κ2) is 6.38. The fraction of sp³-hybridized carbons (Fsp3) is 0.929. The summed E-state index contributed by atoms with van der Waals surface area (Å²) in [5, 5.41) is 0.983. The van der Waals surface area contributed by atoms with E-state index in [0.29, 0.717) is 18.4 Å². The monoisotopic (exact) mass is 317 g/mol. The molecule has 0 N–H and O–H groups in total. The van der Waals surface area contributed by atoms with E-state index < -0.39 is 0 Å². The Balaban J connectivity index is 1.93. The highest BCUT2D eigenvalue weighted by molar-refractivity contribution is 9.09. The Morgan fingerprint density at radius 2 is 2.17 bits per heavy atom. The summed E-state index contributed by atoms with van der Waals surface area (Å²) >= 11 is 3.50. The number of hydrogen-bond donors (Lipinski definition) is 0. The molecule has 0 aromatic heterocycles. The minimum Gasteiger partial charge on any atom is -0.378 e. The first-order valence-electron chi connectivity index (χ1n) is 7.11. The molecule has 1 saturated heterocycles. The Labute approximate surface area is 118 Å². The van der Waals surface area contributed by atoms with Gasteiger partial charge in [-0.25, -0.2) is 0 Å².